The Hall–Kier alpha value is -3.15. The van der Waals surface area contributed by atoms with Crippen molar-refractivity contribution < 1.29 is 4.39 Å². The van der Waals surface area contributed by atoms with Gasteiger partial charge in [-0.3, -0.25) is 0 Å². The molecule has 0 aliphatic carbocycles. The highest BCUT2D eigenvalue weighted by atomic mass is 19.1. The van der Waals surface area contributed by atoms with Gasteiger partial charge in [0.15, 0.2) is 0 Å². The lowest BCUT2D eigenvalue weighted by molar-refractivity contribution is 0.613. The summed E-state index contributed by atoms with van der Waals surface area (Å²) in [5.41, 5.74) is 1.88. The Morgan fingerprint density at radius 1 is 0.852 bits per heavy atom. The van der Waals surface area contributed by atoms with Crippen molar-refractivity contribution in [2.75, 3.05) is 41.3 Å². The van der Waals surface area contributed by atoms with E-state index in [0.717, 1.165) is 32.0 Å². The summed E-state index contributed by atoms with van der Waals surface area (Å²) in [6, 6.07) is 19.2. The minimum absolute atomic E-state index is 0.212. The summed E-state index contributed by atoms with van der Waals surface area (Å²) < 4.78 is 13.8. The lowest BCUT2D eigenvalue weighted by Gasteiger charge is -2.36. The van der Waals surface area contributed by atoms with Crippen LogP contribution in [0.1, 0.15) is 5.56 Å². The van der Waals surface area contributed by atoms with Crippen LogP contribution in [0.25, 0.3) is 0 Å². The van der Waals surface area contributed by atoms with Crippen LogP contribution >= 0.6 is 0 Å². The highest BCUT2D eigenvalue weighted by Gasteiger charge is 2.18. The van der Waals surface area contributed by atoms with Gasteiger partial charge in [0.25, 0.3) is 0 Å². The minimum atomic E-state index is -0.212. The summed E-state index contributed by atoms with van der Waals surface area (Å²) in [4.78, 5) is 13.3. The Kier molecular flexibility index (Phi) is 5.14. The van der Waals surface area contributed by atoms with Gasteiger partial charge in [-0.2, -0.15) is 0 Å². The molecule has 0 saturated carbocycles. The van der Waals surface area contributed by atoms with Crippen LogP contribution in [0, 0.1) is 5.82 Å². The highest BCUT2D eigenvalue weighted by Crippen LogP contribution is 2.20. The van der Waals surface area contributed by atoms with Gasteiger partial charge in [0.1, 0.15) is 23.8 Å². The van der Waals surface area contributed by atoms with E-state index in [9.17, 15) is 4.39 Å². The van der Waals surface area contributed by atoms with E-state index < -0.39 is 0 Å². The molecule has 138 valence electrons. The van der Waals surface area contributed by atoms with Gasteiger partial charge in [-0.1, -0.05) is 36.4 Å². The van der Waals surface area contributed by atoms with Crippen molar-refractivity contribution in [2.24, 2.45) is 0 Å². The van der Waals surface area contributed by atoms with Crippen LogP contribution in [0.15, 0.2) is 67.0 Å². The molecule has 0 amide bonds. The zero-order valence-corrected chi connectivity index (χ0v) is 15.1. The number of hydrogen-bond donors (Lipinski definition) is 1. The predicted octanol–water partition coefficient (Wildman–Crippen LogP) is 3.55. The van der Waals surface area contributed by atoms with E-state index in [4.69, 9.17) is 0 Å². The standard InChI is InChI=1S/C21H22FN5/c22-19-9-5-4-6-17(19)15-23-20-14-21(25-16-24-20)27-12-10-26(11-13-27)18-7-2-1-3-8-18/h1-9,14,16H,10-13,15H2,(H,23,24,25). The van der Waals surface area contributed by atoms with E-state index in [2.05, 4.69) is 49.4 Å². The minimum Gasteiger partial charge on any atom is -0.368 e. The average Bonchev–Trinajstić information content (AvgIpc) is 2.74. The molecule has 1 aliphatic heterocycles. The molecule has 0 unspecified atom stereocenters. The van der Waals surface area contributed by atoms with Crippen molar-refractivity contribution in [1.82, 2.24) is 9.97 Å². The molecule has 4 rings (SSSR count). The number of anilines is 3. The van der Waals surface area contributed by atoms with Crippen molar-refractivity contribution in [3.63, 3.8) is 0 Å². The molecule has 3 aromatic rings. The topological polar surface area (TPSA) is 44.3 Å². The molecule has 2 aromatic carbocycles. The van der Waals surface area contributed by atoms with Gasteiger partial charge in [0.05, 0.1) is 0 Å². The summed E-state index contributed by atoms with van der Waals surface area (Å²) in [5, 5.41) is 3.19. The maximum atomic E-state index is 13.8. The normalized spacial score (nSPS) is 14.3. The Balaban J connectivity index is 1.37. The first-order valence-corrected chi connectivity index (χ1v) is 9.14. The fourth-order valence-corrected chi connectivity index (χ4v) is 3.28. The van der Waals surface area contributed by atoms with Gasteiger partial charge in [-0.15, -0.1) is 0 Å². The fourth-order valence-electron chi connectivity index (χ4n) is 3.28. The molecule has 0 bridgehead atoms. The molecular formula is C21H22FN5. The van der Waals surface area contributed by atoms with Crippen molar-refractivity contribution in [2.45, 2.75) is 6.54 Å². The second kappa shape index (κ2) is 8.03. The number of benzene rings is 2. The van der Waals surface area contributed by atoms with E-state index in [1.807, 2.05) is 18.2 Å². The summed E-state index contributed by atoms with van der Waals surface area (Å²) in [7, 11) is 0. The SMILES string of the molecule is Fc1ccccc1CNc1cc(N2CCN(c3ccccc3)CC2)ncn1. The molecule has 1 N–H and O–H groups in total. The van der Waals surface area contributed by atoms with Gasteiger partial charge in [-0.05, 0) is 18.2 Å². The molecular weight excluding hydrogens is 341 g/mol. The third kappa shape index (κ3) is 4.16. The van der Waals surface area contributed by atoms with Crippen molar-refractivity contribution in [1.29, 1.82) is 0 Å². The summed E-state index contributed by atoms with van der Waals surface area (Å²) >= 11 is 0. The first kappa shape index (κ1) is 17.3. The monoisotopic (exact) mass is 363 g/mol. The van der Waals surface area contributed by atoms with Gasteiger partial charge in [-0.25, -0.2) is 14.4 Å². The first-order chi connectivity index (χ1) is 13.3. The Bertz CT molecular complexity index is 879. The van der Waals surface area contributed by atoms with Crippen LogP contribution < -0.4 is 15.1 Å². The zero-order valence-electron chi connectivity index (χ0n) is 15.1. The smallest absolute Gasteiger partial charge is 0.134 e. The Labute approximate surface area is 158 Å². The molecule has 6 heteroatoms. The maximum Gasteiger partial charge on any atom is 0.134 e. The molecule has 1 saturated heterocycles. The lowest BCUT2D eigenvalue weighted by atomic mass is 10.2. The first-order valence-electron chi connectivity index (χ1n) is 9.14. The van der Waals surface area contributed by atoms with E-state index in [1.165, 1.54) is 11.8 Å². The molecule has 2 heterocycles. The number of nitrogens with zero attached hydrogens (tertiary/aromatic N) is 4. The van der Waals surface area contributed by atoms with Gasteiger partial charge in [0, 0.05) is 50.0 Å². The van der Waals surface area contributed by atoms with Crippen molar-refractivity contribution >= 4 is 17.3 Å². The number of hydrogen-bond acceptors (Lipinski definition) is 5. The fraction of sp³-hybridized carbons (Fsp3) is 0.238. The molecule has 27 heavy (non-hydrogen) atoms. The summed E-state index contributed by atoms with van der Waals surface area (Å²) in [5.74, 6) is 1.39. The number of halogens is 1. The molecule has 5 nitrogen and oxygen atoms in total. The Morgan fingerprint density at radius 3 is 2.33 bits per heavy atom. The number of nitrogens with one attached hydrogen (secondary N) is 1. The van der Waals surface area contributed by atoms with Crippen LogP contribution in [-0.2, 0) is 6.54 Å². The maximum absolute atomic E-state index is 13.8. The van der Waals surface area contributed by atoms with E-state index >= 15 is 0 Å². The molecule has 0 atom stereocenters. The lowest BCUT2D eigenvalue weighted by Crippen LogP contribution is -2.46. The van der Waals surface area contributed by atoms with Gasteiger partial charge >= 0.3 is 0 Å². The van der Waals surface area contributed by atoms with E-state index in [1.54, 1.807) is 18.5 Å². The van der Waals surface area contributed by atoms with Crippen molar-refractivity contribution in [3.05, 3.63) is 78.4 Å². The molecule has 0 radical (unpaired) electrons. The number of para-hydroxylation sites is 1. The van der Waals surface area contributed by atoms with Crippen LogP contribution in [0.4, 0.5) is 21.7 Å². The predicted molar refractivity (Wildman–Crippen MR) is 107 cm³/mol. The van der Waals surface area contributed by atoms with E-state index in [-0.39, 0.29) is 5.82 Å². The molecule has 1 aromatic heterocycles. The van der Waals surface area contributed by atoms with Crippen LogP contribution in [0.2, 0.25) is 0 Å². The largest absolute Gasteiger partial charge is 0.368 e. The van der Waals surface area contributed by atoms with Crippen molar-refractivity contribution in [3.8, 4) is 0 Å². The molecule has 1 aliphatic rings. The quantitative estimate of drug-likeness (QED) is 0.751. The second-order valence-electron chi connectivity index (χ2n) is 6.52. The van der Waals surface area contributed by atoms with Crippen LogP contribution in [-0.4, -0.2) is 36.1 Å². The van der Waals surface area contributed by atoms with Crippen LogP contribution in [0.3, 0.4) is 0 Å². The summed E-state index contributed by atoms with van der Waals surface area (Å²) in [6.45, 7) is 4.10. The average molecular weight is 363 g/mol. The van der Waals surface area contributed by atoms with Crippen LogP contribution in [0.5, 0.6) is 0 Å². The third-order valence-corrected chi connectivity index (χ3v) is 4.80. The molecule has 0 spiro atoms. The van der Waals surface area contributed by atoms with Gasteiger partial charge in [0.2, 0.25) is 0 Å². The summed E-state index contributed by atoms with van der Waals surface area (Å²) in [6.07, 6.45) is 1.56. The number of rotatable bonds is 5. The highest BCUT2D eigenvalue weighted by molar-refractivity contribution is 5.52. The van der Waals surface area contributed by atoms with Gasteiger partial charge < -0.3 is 15.1 Å². The Morgan fingerprint density at radius 2 is 1.56 bits per heavy atom. The zero-order chi connectivity index (χ0) is 18.5. The third-order valence-electron chi connectivity index (χ3n) is 4.80. The van der Waals surface area contributed by atoms with E-state index in [0.29, 0.717) is 17.9 Å². The number of piperazine rings is 1. The molecule has 1 fully saturated rings. The second-order valence-corrected chi connectivity index (χ2v) is 6.52. The number of aromatic nitrogens is 2.